The van der Waals surface area contributed by atoms with Crippen LogP contribution in [0.1, 0.15) is 30.3 Å². The third kappa shape index (κ3) is 3.16. The molecule has 1 aliphatic rings. The third-order valence-corrected chi connectivity index (χ3v) is 3.20. The Kier molecular flexibility index (Phi) is 4.09. The largest absolute Gasteiger partial charge is 0.476 e. The monoisotopic (exact) mass is 251 g/mol. The first-order valence-corrected chi connectivity index (χ1v) is 6.06. The fraction of sp³-hybridized carbons (Fsp3) is 0.583. The minimum absolute atomic E-state index is 0.0424. The van der Waals surface area contributed by atoms with Gasteiger partial charge in [-0.2, -0.15) is 0 Å². The Morgan fingerprint density at radius 3 is 2.89 bits per heavy atom. The van der Waals surface area contributed by atoms with Crippen LogP contribution in [-0.4, -0.2) is 40.3 Å². The fourth-order valence-corrected chi connectivity index (χ4v) is 2.11. The molecule has 2 rings (SSSR count). The van der Waals surface area contributed by atoms with Crippen LogP contribution in [0.3, 0.4) is 0 Å². The highest BCUT2D eigenvalue weighted by atomic mass is 16.5. The van der Waals surface area contributed by atoms with Crippen molar-refractivity contribution in [2.75, 3.05) is 18.5 Å². The van der Waals surface area contributed by atoms with Crippen LogP contribution in [0.25, 0.3) is 0 Å². The van der Waals surface area contributed by atoms with Crippen molar-refractivity contribution in [3.8, 4) is 0 Å². The minimum Gasteiger partial charge on any atom is -0.476 e. The van der Waals surface area contributed by atoms with Crippen LogP contribution in [0, 0.1) is 5.92 Å². The smallest absolute Gasteiger partial charge is 0.356 e. The highest BCUT2D eigenvalue weighted by Crippen LogP contribution is 2.20. The summed E-state index contributed by atoms with van der Waals surface area (Å²) in [5, 5.41) is 12.1. The number of aromatic nitrogens is 2. The lowest BCUT2D eigenvalue weighted by atomic mass is 9.93. The Hall–Kier alpha value is -1.69. The standard InChI is InChI=1S/C12H17N3O3/c1-8(9-2-4-18-5-3-9)14-11-7-13-6-10(15-11)12(16)17/h6-9H,2-5H2,1H3,(H,14,15)(H,16,17). The van der Waals surface area contributed by atoms with Crippen molar-refractivity contribution in [1.29, 1.82) is 0 Å². The van der Waals surface area contributed by atoms with Crippen LogP contribution in [-0.2, 0) is 4.74 Å². The third-order valence-electron chi connectivity index (χ3n) is 3.20. The molecular formula is C12H17N3O3. The number of carboxylic acids is 1. The second kappa shape index (κ2) is 5.77. The predicted octanol–water partition coefficient (Wildman–Crippen LogP) is 1.40. The molecule has 6 nitrogen and oxygen atoms in total. The first-order valence-electron chi connectivity index (χ1n) is 6.06. The number of hydrogen-bond donors (Lipinski definition) is 2. The SMILES string of the molecule is CC(Nc1cncc(C(=O)O)n1)C1CCOCC1. The van der Waals surface area contributed by atoms with Gasteiger partial charge in [0.25, 0.3) is 0 Å². The summed E-state index contributed by atoms with van der Waals surface area (Å²) >= 11 is 0. The van der Waals surface area contributed by atoms with Gasteiger partial charge in [0.05, 0.1) is 12.4 Å². The highest BCUT2D eigenvalue weighted by Gasteiger charge is 2.20. The fourth-order valence-electron chi connectivity index (χ4n) is 2.11. The van der Waals surface area contributed by atoms with Gasteiger partial charge >= 0.3 is 5.97 Å². The van der Waals surface area contributed by atoms with Crippen molar-refractivity contribution < 1.29 is 14.6 Å². The number of hydrogen-bond acceptors (Lipinski definition) is 5. The van der Waals surface area contributed by atoms with Gasteiger partial charge in [-0.3, -0.25) is 4.98 Å². The zero-order valence-corrected chi connectivity index (χ0v) is 10.3. The van der Waals surface area contributed by atoms with E-state index in [9.17, 15) is 4.79 Å². The molecule has 0 amide bonds. The molecule has 0 bridgehead atoms. The maximum atomic E-state index is 10.8. The zero-order chi connectivity index (χ0) is 13.0. The summed E-state index contributed by atoms with van der Waals surface area (Å²) in [4.78, 5) is 18.7. The van der Waals surface area contributed by atoms with Crippen LogP contribution in [0.4, 0.5) is 5.82 Å². The van der Waals surface area contributed by atoms with E-state index in [1.165, 1.54) is 6.20 Å². The Labute approximate surface area is 105 Å². The van der Waals surface area contributed by atoms with Crippen molar-refractivity contribution >= 4 is 11.8 Å². The molecule has 1 aliphatic heterocycles. The van der Waals surface area contributed by atoms with Gasteiger partial charge in [-0.15, -0.1) is 0 Å². The molecule has 1 fully saturated rings. The molecule has 2 N–H and O–H groups in total. The Morgan fingerprint density at radius 2 is 2.22 bits per heavy atom. The molecule has 98 valence electrons. The van der Waals surface area contributed by atoms with E-state index in [1.807, 2.05) is 0 Å². The molecule has 1 aromatic heterocycles. The molecular weight excluding hydrogens is 234 g/mol. The molecule has 0 aliphatic carbocycles. The van der Waals surface area contributed by atoms with Gasteiger partial charge in [-0.05, 0) is 25.7 Å². The van der Waals surface area contributed by atoms with Gasteiger partial charge in [-0.25, -0.2) is 9.78 Å². The molecule has 1 saturated heterocycles. The zero-order valence-electron chi connectivity index (χ0n) is 10.3. The van der Waals surface area contributed by atoms with Crippen molar-refractivity contribution in [3.05, 3.63) is 18.1 Å². The molecule has 0 aromatic carbocycles. The van der Waals surface area contributed by atoms with Crippen molar-refractivity contribution in [2.24, 2.45) is 5.92 Å². The number of nitrogens with zero attached hydrogens (tertiary/aromatic N) is 2. The summed E-state index contributed by atoms with van der Waals surface area (Å²) in [7, 11) is 0. The van der Waals surface area contributed by atoms with Crippen molar-refractivity contribution in [2.45, 2.75) is 25.8 Å². The maximum absolute atomic E-state index is 10.8. The van der Waals surface area contributed by atoms with Crippen molar-refractivity contribution in [3.63, 3.8) is 0 Å². The lowest BCUT2D eigenvalue weighted by Gasteiger charge is -2.28. The first-order chi connectivity index (χ1) is 8.66. The second-order valence-corrected chi connectivity index (χ2v) is 4.48. The van der Waals surface area contributed by atoms with Crippen LogP contribution in [0.5, 0.6) is 0 Å². The predicted molar refractivity (Wildman–Crippen MR) is 65.6 cm³/mol. The average Bonchev–Trinajstić information content (AvgIpc) is 2.40. The van der Waals surface area contributed by atoms with Gasteiger partial charge in [0, 0.05) is 19.3 Å². The van der Waals surface area contributed by atoms with E-state index in [2.05, 4.69) is 22.2 Å². The summed E-state index contributed by atoms with van der Waals surface area (Å²) in [6, 6.07) is 0.229. The molecule has 0 spiro atoms. The quantitative estimate of drug-likeness (QED) is 0.841. The lowest BCUT2D eigenvalue weighted by molar-refractivity contribution is 0.0622. The summed E-state index contributed by atoms with van der Waals surface area (Å²) in [5.74, 6) is -0.0344. The highest BCUT2D eigenvalue weighted by molar-refractivity contribution is 5.85. The molecule has 2 heterocycles. The molecule has 1 unspecified atom stereocenters. The van der Waals surface area contributed by atoms with Crippen LogP contribution in [0.2, 0.25) is 0 Å². The number of ether oxygens (including phenoxy) is 1. The Morgan fingerprint density at radius 1 is 1.50 bits per heavy atom. The summed E-state index contributed by atoms with van der Waals surface area (Å²) in [5.41, 5.74) is -0.0424. The molecule has 1 atom stereocenters. The summed E-state index contributed by atoms with van der Waals surface area (Å²) in [6.45, 7) is 3.65. The van der Waals surface area contributed by atoms with Gasteiger partial charge in [0.15, 0.2) is 5.69 Å². The number of anilines is 1. The van der Waals surface area contributed by atoms with Crippen LogP contribution >= 0.6 is 0 Å². The molecule has 18 heavy (non-hydrogen) atoms. The summed E-state index contributed by atoms with van der Waals surface area (Å²) in [6.07, 6.45) is 4.81. The molecule has 0 saturated carbocycles. The van der Waals surface area contributed by atoms with Gasteiger partial charge in [0.1, 0.15) is 5.82 Å². The van der Waals surface area contributed by atoms with E-state index < -0.39 is 5.97 Å². The van der Waals surface area contributed by atoms with Gasteiger partial charge in [0.2, 0.25) is 0 Å². The summed E-state index contributed by atoms with van der Waals surface area (Å²) < 4.78 is 5.32. The first kappa shape index (κ1) is 12.8. The Bertz CT molecular complexity index is 419. The van der Waals surface area contributed by atoms with Gasteiger partial charge in [-0.1, -0.05) is 0 Å². The van der Waals surface area contributed by atoms with E-state index in [0.29, 0.717) is 11.7 Å². The van der Waals surface area contributed by atoms with E-state index in [0.717, 1.165) is 26.1 Å². The number of rotatable bonds is 4. The van der Waals surface area contributed by atoms with Crippen molar-refractivity contribution in [1.82, 2.24) is 9.97 Å². The van der Waals surface area contributed by atoms with E-state index in [1.54, 1.807) is 6.20 Å². The number of carbonyl (C=O) groups is 1. The van der Waals surface area contributed by atoms with E-state index in [4.69, 9.17) is 9.84 Å². The minimum atomic E-state index is -1.06. The Balaban J connectivity index is 1.99. The molecule has 1 aromatic rings. The topological polar surface area (TPSA) is 84.3 Å². The number of carboxylic acid groups (broad SMARTS) is 1. The van der Waals surface area contributed by atoms with E-state index >= 15 is 0 Å². The lowest BCUT2D eigenvalue weighted by Crippen LogP contribution is -2.31. The van der Waals surface area contributed by atoms with E-state index in [-0.39, 0.29) is 11.7 Å². The van der Waals surface area contributed by atoms with Crippen LogP contribution in [0.15, 0.2) is 12.4 Å². The molecule has 0 radical (unpaired) electrons. The molecule has 6 heteroatoms. The average molecular weight is 251 g/mol. The van der Waals surface area contributed by atoms with Gasteiger partial charge < -0.3 is 15.2 Å². The number of aromatic carboxylic acids is 1. The number of nitrogens with one attached hydrogen (secondary N) is 1. The maximum Gasteiger partial charge on any atom is 0.356 e. The van der Waals surface area contributed by atoms with Crippen LogP contribution < -0.4 is 5.32 Å². The second-order valence-electron chi connectivity index (χ2n) is 4.48. The normalized spacial score (nSPS) is 18.3.